The molecule has 1 atom stereocenters. The van der Waals surface area contributed by atoms with E-state index in [-0.39, 0.29) is 5.91 Å². The Hall–Kier alpha value is -0.710. The molecule has 1 heterocycles. The highest BCUT2D eigenvalue weighted by atomic mass is 32.2. The molecule has 0 aromatic rings. The van der Waals surface area contributed by atoms with Crippen molar-refractivity contribution in [1.82, 2.24) is 5.32 Å². The topological polar surface area (TPSA) is 66.4 Å². The van der Waals surface area contributed by atoms with Gasteiger partial charge < -0.3 is 10.4 Å². The van der Waals surface area contributed by atoms with E-state index in [1.165, 1.54) is 0 Å². The minimum Gasteiger partial charge on any atom is -0.481 e. The lowest BCUT2D eigenvalue weighted by atomic mass is 9.80. The van der Waals surface area contributed by atoms with Gasteiger partial charge in [0.15, 0.2) is 0 Å². The standard InChI is InChI=1S/C13H23NO3S/c1-13(2,3)10(12(16)17)11(15)14-8-9-4-6-18-7-5-9/h9-10H,4-8H2,1-3H3,(H,14,15)(H,16,17). The van der Waals surface area contributed by atoms with Gasteiger partial charge >= 0.3 is 5.97 Å². The van der Waals surface area contributed by atoms with E-state index in [2.05, 4.69) is 5.32 Å². The third-order valence-corrected chi connectivity index (χ3v) is 4.33. The van der Waals surface area contributed by atoms with Crippen molar-refractivity contribution in [2.75, 3.05) is 18.1 Å². The zero-order valence-corrected chi connectivity index (χ0v) is 12.2. The summed E-state index contributed by atoms with van der Waals surface area (Å²) in [4.78, 5) is 23.2. The summed E-state index contributed by atoms with van der Waals surface area (Å²) in [7, 11) is 0. The molecule has 1 rings (SSSR count). The molecule has 0 bridgehead atoms. The minimum absolute atomic E-state index is 0.353. The fourth-order valence-corrected chi connectivity index (χ4v) is 3.38. The SMILES string of the molecule is CC(C)(C)C(C(=O)O)C(=O)NCC1CCSCC1. The molecule has 1 fully saturated rings. The number of carbonyl (C=O) groups excluding carboxylic acids is 1. The Morgan fingerprint density at radius 3 is 2.33 bits per heavy atom. The molecular weight excluding hydrogens is 250 g/mol. The summed E-state index contributed by atoms with van der Waals surface area (Å²) in [5, 5.41) is 12.0. The molecule has 18 heavy (non-hydrogen) atoms. The van der Waals surface area contributed by atoms with Gasteiger partial charge in [-0.1, -0.05) is 20.8 Å². The summed E-state index contributed by atoms with van der Waals surface area (Å²) in [6.45, 7) is 5.95. The molecule has 0 saturated carbocycles. The molecule has 1 unspecified atom stereocenters. The summed E-state index contributed by atoms with van der Waals surface area (Å²) < 4.78 is 0. The second-order valence-electron chi connectivity index (χ2n) is 5.94. The van der Waals surface area contributed by atoms with Crippen LogP contribution in [0.4, 0.5) is 0 Å². The number of carboxylic acids is 1. The maximum Gasteiger partial charge on any atom is 0.316 e. The fourth-order valence-electron chi connectivity index (χ4n) is 2.17. The Balaban J connectivity index is 2.49. The molecule has 1 aliphatic rings. The Bertz CT molecular complexity index is 306. The second kappa shape index (κ2) is 6.45. The summed E-state index contributed by atoms with van der Waals surface area (Å²) in [6.07, 6.45) is 2.22. The van der Waals surface area contributed by atoms with Gasteiger partial charge in [-0.2, -0.15) is 11.8 Å². The molecule has 4 nitrogen and oxygen atoms in total. The summed E-state index contributed by atoms with van der Waals surface area (Å²) in [6, 6.07) is 0. The van der Waals surface area contributed by atoms with E-state index in [1.54, 1.807) is 20.8 Å². The fraction of sp³-hybridized carbons (Fsp3) is 0.846. The molecule has 0 aromatic heterocycles. The highest BCUT2D eigenvalue weighted by Gasteiger charge is 2.37. The molecular formula is C13H23NO3S. The van der Waals surface area contributed by atoms with Crippen molar-refractivity contribution in [3.63, 3.8) is 0 Å². The van der Waals surface area contributed by atoms with Gasteiger partial charge in [-0.15, -0.1) is 0 Å². The largest absolute Gasteiger partial charge is 0.481 e. The van der Waals surface area contributed by atoms with Crippen LogP contribution in [0.2, 0.25) is 0 Å². The van der Waals surface area contributed by atoms with E-state index in [0.29, 0.717) is 12.5 Å². The highest BCUT2D eigenvalue weighted by molar-refractivity contribution is 7.99. The first-order valence-electron chi connectivity index (χ1n) is 6.40. The lowest BCUT2D eigenvalue weighted by Gasteiger charge is -2.27. The van der Waals surface area contributed by atoms with Crippen molar-refractivity contribution in [1.29, 1.82) is 0 Å². The van der Waals surface area contributed by atoms with Crippen molar-refractivity contribution >= 4 is 23.6 Å². The van der Waals surface area contributed by atoms with Crippen LogP contribution in [-0.4, -0.2) is 35.0 Å². The van der Waals surface area contributed by atoms with Crippen molar-refractivity contribution in [2.24, 2.45) is 17.3 Å². The third-order valence-electron chi connectivity index (χ3n) is 3.28. The molecule has 1 saturated heterocycles. The number of hydrogen-bond acceptors (Lipinski definition) is 3. The van der Waals surface area contributed by atoms with Gasteiger partial charge in [0.2, 0.25) is 5.91 Å². The smallest absolute Gasteiger partial charge is 0.316 e. The number of carboxylic acid groups (broad SMARTS) is 1. The highest BCUT2D eigenvalue weighted by Crippen LogP contribution is 2.27. The lowest BCUT2D eigenvalue weighted by Crippen LogP contribution is -2.44. The van der Waals surface area contributed by atoms with Gasteiger partial charge in [-0.25, -0.2) is 0 Å². The van der Waals surface area contributed by atoms with Gasteiger partial charge in [-0.3, -0.25) is 9.59 Å². The minimum atomic E-state index is -1.04. The zero-order valence-electron chi connectivity index (χ0n) is 11.4. The van der Waals surface area contributed by atoms with Crippen LogP contribution in [0.15, 0.2) is 0 Å². The Labute approximate surface area is 113 Å². The number of rotatable bonds is 4. The monoisotopic (exact) mass is 273 g/mol. The Kier molecular flexibility index (Phi) is 5.50. The van der Waals surface area contributed by atoms with Crippen molar-refractivity contribution in [2.45, 2.75) is 33.6 Å². The molecule has 1 aliphatic heterocycles. The van der Waals surface area contributed by atoms with Crippen molar-refractivity contribution < 1.29 is 14.7 Å². The van der Waals surface area contributed by atoms with Crippen molar-refractivity contribution in [3.8, 4) is 0 Å². The third kappa shape index (κ3) is 4.52. The first kappa shape index (κ1) is 15.3. The van der Waals surface area contributed by atoms with Crippen LogP contribution < -0.4 is 5.32 Å². The predicted molar refractivity (Wildman–Crippen MR) is 73.6 cm³/mol. The molecule has 104 valence electrons. The summed E-state index contributed by atoms with van der Waals surface area (Å²) in [5.74, 6) is 0.414. The molecule has 0 aromatic carbocycles. The number of carbonyl (C=O) groups is 2. The first-order valence-corrected chi connectivity index (χ1v) is 7.56. The molecule has 0 aliphatic carbocycles. The number of thioether (sulfide) groups is 1. The molecule has 0 radical (unpaired) electrons. The van der Waals surface area contributed by atoms with E-state index >= 15 is 0 Å². The Morgan fingerprint density at radius 2 is 1.89 bits per heavy atom. The Morgan fingerprint density at radius 1 is 1.33 bits per heavy atom. The molecule has 1 amide bonds. The zero-order chi connectivity index (χ0) is 13.8. The maximum absolute atomic E-state index is 12.0. The van der Waals surface area contributed by atoms with E-state index in [9.17, 15) is 9.59 Å². The van der Waals surface area contributed by atoms with Gasteiger partial charge in [0.05, 0.1) is 0 Å². The van der Waals surface area contributed by atoms with Crippen LogP contribution in [0, 0.1) is 17.3 Å². The quantitative estimate of drug-likeness (QED) is 0.769. The van der Waals surface area contributed by atoms with E-state index in [4.69, 9.17) is 5.11 Å². The van der Waals surface area contributed by atoms with Crippen LogP contribution in [0.1, 0.15) is 33.6 Å². The van der Waals surface area contributed by atoms with Gasteiger partial charge in [0, 0.05) is 6.54 Å². The van der Waals surface area contributed by atoms with Gasteiger partial charge in [-0.05, 0) is 35.7 Å². The molecule has 2 N–H and O–H groups in total. The number of amides is 1. The van der Waals surface area contributed by atoms with E-state index in [0.717, 1.165) is 24.3 Å². The van der Waals surface area contributed by atoms with Crippen LogP contribution >= 0.6 is 11.8 Å². The van der Waals surface area contributed by atoms with Crippen LogP contribution in [0.5, 0.6) is 0 Å². The predicted octanol–water partition coefficient (Wildman–Crippen LogP) is 1.99. The average molecular weight is 273 g/mol. The normalized spacial score (nSPS) is 19.3. The van der Waals surface area contributed by atoms with E-state index < -0.39 is 17.3 Å². The summed E-state index contributed by atoms with van der Waals surface area (Å²) in [5.41, 5.74) is -0.557. The summed E-state index contributed by atoms with van der Waals surface area (Å²) >= 11 is 1.94. The number of hydrogen-bond donors (Lipinski definition) is 2. The van der Waals surface area contributed by atoms with Crippen LogP contribution in [0.25, 0.3) is 0 Å². The maximum atomic E-state index is 12.0. The second-order valence-corrected chi connectivity index (χ2v) is 7.16. The van der Waals surface area contributed by atoms with Crippen LogP contribution in [-0.2, 0) is 9.59 Å². The lowest BCUT2D eigenvalue weighted by molar-refractivity contribution is -0.151. The number of nitrogens with one attached hydrogen (secondary N) is 1. The number of aliphatic carboxylic acids is 1. The van der Waals surface area contributed by atoms with Crippen LogP contribution in [0.3, 0.4) is 0 Å². The van der Waals surface area contributed by atoms with Crippen molar-refractivity contribution in [3.05, 3.63) is 0 Å². The van der Waals surface area contributed by atoms with E-state index in [1.807, 2.05) is 11.8 Å². The van der Waals surface area contributed by atoms with Gasteiger partial charge in [0.25, 0.3) is 0 Å². The van der Waals surface area contributed by atoms with Gasteiger partial charge in [0.1, 0.15) is 5.92 Å². The molecule has 5 heteroatoms. The molecule has 0 spiro atoms. The first-order chi connectivity index (χ1) is 8.32. The average Bonchev–Trinajstić information content (AvgIpc) is 2.25.